The van der Waals surface area contributed by atoms with Gasteiger partial charge >= 0.3 is 5.97 Å². The van der Waals surface area contributed by atoms with Gasteiger partial charge in [0.1, 0.15) is 16.9 Å². The van der Waals surface area contributed by atoms with Gasteiger partial charge in [-0.25, -0.2) is 19.7 Å². The molecule has 138 valence electrons. The number of hydrogen-bond donors (Lipinski definition) is 4. The number of aromatic nitrogens is 3. The summed E-state index contributed by atoms with van der Waals surface area (Å²) in [6.07, 6.45) is 1.49. The SMILES string of the molecule is CCNC(=S)Nc1ccc2ncc(Nc3cccc(Cl)c3C(=O)O)nc2n1. The van der Waals surface area contributed by atoms with Gasteiger partial charge in [0, 0.05) is 6.54 Å². The number of carboxylic acids is 1. The van der Waals surface area contributed by atoms with Crippen molar-refractivity contribution in [3.8, 4) is 0 Å². The summed E-state index contributed by atoms with van der Waals surface area (Å²) in [6.45, 7) is 2.63. The van der Waals surface area contributed by atoms with Crippen LogP contribution < -0.4 is 16.0 Å². The number of aromatic carboxylic acids is 1. The number of thiocarbonyl (C=S) groups is 1. The minimum absolute atomic E-state index is 0.0413. The molecule has 2 heterocycles. The predicted molar refractivity (Wildman–Crippen MR) is 109 cm³/mol. The van der Waals surface area contributed by atoms with Crippen LogP contribution in [0.5, 0.6) is 0 Å². The maximum absolute atomic E-state index is 11.4. The van der Waals surface area contributed by atoms with Gasteiger partial charge in [-0.15, -0.1) is 0 Å². The number of halogens is 1. The summed E-state index contributed by atoms with van der Waals surface area (Å²) in [7, 11) is 0. The Hall–Kier alpha value is -3.04. The lowest BCUT2D eigenvalue weighted by molar-refractivity contribution is 0.0698. The molecule has 8 nitrogen and oxygen atoms in total. The number of nitrogens with zero attached hydrogens (tertiary/aromatic N) is 3. The van der Waals surface area contributed by atoms with Crippen molar-refractivity contribution in [1.29, 1.82) is 0 Å². The molecule has 0 atom stereocenters. The summed E-state index contributed by atoms with van der Waals surface area (Å²) in [6, 6.07) is 8.26. The molecule has 10 heteroatoms. The van der Waals surface area contributed by atoms with Gasteiger partial charge in [0.25, 0.3) is 0 Å². The summed E-state index contributed by atoms with van der Waals surface area (Å²) in [5, 5.41) is 18.8. The summed E-state index contributed by atoms with van der Waals surface area (Å²) in [5.41, 5.74) is 1.24. The highest BCUT2D eigenvalue weighted by Crippen LogP contribution is 2.27. The maximum Gasteiger partial charge on any atom is 0.339 e. The van der Waals surface area contributed by atoms with Gasteiger partial charge in [0.15, 0.2) is 16.6 Å². The molecule has 0 bridgehead atoms. The van der Waals surface area contributed by atoms with E-state index in [9.17, 15) is 9.90 Å². The van der Waals surface area contributed by atoms with Crippen LogP contribution in [0.3, 0.4) is 0 Å². The van der Waals surface area contributed by atoms with Gasteiger partial charge in [-0.05, 0) is 43.4 Å². The van der Waals surface area contributed by atoms with Crippen LogP contribution in [0.4, 0.5) is 17.3 Å². The number of pyridine rings is 1. The zero-order valence-electron chi connectivity index (χ0n) is 14.2. The number of carbonyl (C=O) groups is 1. The second-order valence-corrected chi connectivity index (χ2v) is 6.19. The topological polar surface area (TPSA) is 112 Å². The number of rotatable bonds is 5. The molecule has 0 spiro atoms. The van der Waals surface area contributed by atoms with Crippen LogP contribution in [-0.4, -0.2) is 37.7 Å². The lowest BCUT2D eigenvalue weighted by atomic mass is 10.2. The van der Waals surface area contributed by atoms with Crippen molar-refractivity contribution in [2.45, 2.75) is 6.92 Å². The summed E-state index contributed by atoms with van der Waals surface area (Å²) < 4.78 is 0. The first-order valence-electron chi connectivity index (χ1n) is 7.95. The number of anilines is 3. The first-order chi connectivity index (χ1) is 13.0. The van der Waals surface area contributed by atoms with Crippen LogP contribution in [0.25, 0.3) is 11.2 Å². The van der Waals surface area contributed by atoms with Crippen LogP contribution in [0, 0.1) is 0 Å². The Morgan fingerprint density at radius 2 is 2.00 bits per heavy atom. The maximum atomic E-state index is 11.4. The van der Waals surface area contributed by atoms with Gasteiger partial charge in [0.05, 0.1) is 16.9 Å². The molecule has 3 aromatic rings. The second kappa shape index (κ2) is 8.11. The normalized spacial score (nSPS) is 10.4. The van der Waals surface area contributed by atoms with Crippen LogP contribution in [-0.2, 0) is 0 Å². The van der Waals surface area contributed by atoms with Crippen molar-refractivity contribution in [2.75, 3.05) is 17.2 Å². The highest BCUT2D eigenvalue weighted by Gasteiger charge is 2.15. The molecule has 0 radical (unpaired) electrons. The minimum Gasteiger partial charge on any atom is -0.478 e. The van der Waals surface area contributed by atoms with Gasteiger partial charge in [-0.2, -0.15) is 0 Å². The second-order valence-electron chi connectivity index (χ2n) is 5.37. The van der Waals surface area contributed by atoms with E-state index in [0.29, 0.717) is 40.1 Å². The Labute approximate surface area is 165 Å². The lowest BCUT2D eigenvalue weighted by Crippen LogP contribution is -2.28. The van der Waals surface area contributed by atoms with E-state index in [1.165, 1.54) is 12.3 Å². The highest BCUT2D eigenvalue weighted by molar-refractivity contribution is 7.80. The first kappa shape index (κ1) is 18.7. The molecule has 0 saturated heterocycles. The summed E-state index contributed by atoms with van der Waals surface area (Å²) in [4.78, 5) is 24.5. The quantitative estimate of drug-likeness (QED) is 0.477. The van der Waals surface area contributed by atoms with E-state index in [1.54, 1.807) is 24.3 Å². The zero-order valence-corrected chi connectivity index (χ0v) is 15.7. The third-order valence-corrected chi connectivity index (χ3v) is 4.04. The van der Waals surface area contributed by atoms with Crippen molar-refractivity contribution < 1.29 is 9.90 Å². The first-order valence-corrected chi connectivity index (χ1v) is 8.74. The standard InChI is InChI=1S/C17H15ClN6O2S/c1-2-19-17(27)24-12-7-6-11-15(22-12)23-13(8-20-11)21-10-5-3-4-9(18)14(10)16(25)26/h3-8H,2H2,1H3,(H,25,26)(H3,19,21,22,23,24,27). The highest BCUT2D eigenvalue weighted by atomic mass is 35.5. The molecule has 0 amide bonds. The smallest absolute Gasteiger partial charge is 0.339 e. The van der Waals surface area contributed by atoms with E-state index in [1.807, 2.05) is 6.92 Å². The van der Waals surface area contributed by atoms with E-state index in [2.05, 4.69) is 30.9 Å². The monoisotopic (exact) mass is 402 g/mol. The fourth-order valence-electron chi connectivity index (χ4n) is 2.33. The summed E-state index contributed by atoms with van der Waals surface area (Å²) in [5.74, 6) is -0.279. The molecule has 0 saturated carbocycles. The fraction of sp³-hybridized carbons (Fsp3) is 0.118. The summed E-state index contributed by atoms with van der Waals surface area (Å²) >= 11 is 11.1. The Bertz CT molecular complexity index is 1030. The van der Waals surface area contributed by atoms with Crippen molar-refractivity contribution >= 4 is 63.4 Å². The molecule has 0 aliphatic carbocycles. The fourth-order valence-corrected chi connectivity index (χ4v) is 2.84. The molecular formula is C17H15ClN6O2S. The van der Waals surface area contributed by atoms with E-state index < -0.39 is 5.97 Å². The Balaban J connectivity index is 1.91. The largest absolute Gasteiger partial charge is 0.478 e. The van der Waals surface area contributed by atoms with Crippen molar-refractivity contribution in [2.24, 2.45) is 0 Å². The Kier molecular flexibility index (Phi) is 5.63. The molecule has 3 rings (SSSR count). The van der Waals surface area contributed by atoms with Crippen molar-refractivity contribution in [1.82, 2.24) is 20.3 Å². The number of nitrogens with one attached hydrogen (secondary N) is 3. The van der Waals surface area contributed by atoms with Gasteiger partial charge in [0.2, 0.25) is 0 Å². The average molecular weight is 403 g/mol. The Morgan fingerprint density at radius 1 is 1.22 bits per heavy atom. The van der Waals surface area contributed by atoms with E-state index >= 15 is 0 Å². The van der Waals surface area contributed by atoms with E-state index in [-0.39, 0.29) is 10.6 Å². The van der Waals surface area contributed by atoms with Crippen molar-refractivity contribution in [3.63, 3.8) is 0 Å². The molecule has 0 fully saturated rings. The lowest BCUT2D eigenvalue weighted by Gasteiger charge is -2.11. The van der Waals surface area contributed by atoms with Crippen molar-refractivity contribution in [3.05, 3.63) is 47.1 Å². The molecule has 1 aromatic carbocycles. The van der Waals surface area contributed by atoms with Crippen LogP contribution in [0.15, 0.2) is 36.5 Å². The van der Waals surface area contributed by atoms with Crippen LogP contribution >= 0.6 is 23.8 Å². The van der Waals surface area contributed by atoms with Gasteiger partial charge in [-0.1, -0.05) is 17.7 Å². The Morgan fingerprint density at radius 3 is 2.74 bits per heavy atom. The number of benzene rings is 1. The van der Waals surface area contributed by atoms with Gasteiger partial charge in [-0.3, -0.25) is 0 Å². The molecule has 0 unspecified atom stereocenters. The third-order valence-electron chi connectivity index (χ3n) is 3.48. The minimum atomic E-state index is -1.14. The average Bonchev–Trinajstić information content (AvgIpc) is 2.61. The number of fused-ring (bicyclic) bond motifs is 1. The number of carboxylic acid groups (broad SMARTS) is 1. The van der Waals surface area contributed by atoms with Gasteiger partial charge < -0.3 is 21.1 Å². The van der Waals surface area contributed by atoms with E-state index in [4.69, 9.17) is 23.8 Å². The molecule has 27 heavy (non-hydrogen) atoms. The predicted octanol–water partition coefficient (Wildman–Crippen LogP) is 3.43. The molecular weight excluding hydrogens is 388 g/mol. The molecule has 0 aliphatic rings. The molecule has 0 aliphatic heterocycles. The van der Waals surface area contributed by atoms with Crippen LogP contribution in [0.1, 0.15) is 17.3 Å². The zero-order chi connectivity index (χ0) is 19.4. The number of hydrogen-bond acceptors (Lipinski definition) is 6. The molecule has 4 N–H and O–H groups in total. The van der Waals surface area contributed by atoms with Crippen LogP contribution in [0.2, 0.25) is 5.02 Å². The van der Waals surface area contributed by atoms with E-state index in [0.717, 1.165) is 0 Å². The third kappa shape index (κ3) is 4.39. The molecule has 2 aromatic heterocycles.